The summed E-state index contributed by atoms with van der Waals surface area (Å²) in [6.45, 7) is 2.38. The van der Waals surface area contributed by atoms with Crippen LogP contribution in [0, 0.1) is 0 Å². The summed E-state index contributed by atoms with van der Waals surface area (Å²) >= 11 is 11.0. The van der Waals surface area contributed by atoms with E-state index in [0.717, 1.165) is 11.1 Å². The fourth-order valence-corrected chi connectivity index (χ4v) is 1.44. The third-order valence-corrected chi connectivity index (χ3v) is 2.31. The van der Waals surface area contributed by atoms with Gasteiger partial charge in [0.25, 0.3) is 0 Å². The van der Waals surface area contributed by atoms with Crippen LogP contribution in [-0.2, 0) is 22.7 Å². The molecule has 0 N–H and O–H groups in total. The van der Waals surface area contributed by atoms with Gasteiger partial charge in [0.1, 0.15) is 0 Å². The lowest BCUT2D eigenvalue weighted by Gasteiger charge is -2.05. The van der Waals surface area contributed by atoms with Gasteiger partial charge < -0.3 is 9.47 Å². The average Bonchev–Trinajstić information content (AvgIpc) is 2.32. The van der Waals surface area contributed by atoms with Gasteiger partial charge in [0, 0.05) is 11.8 Å². The highest BCUT2D eigenvalue weighted by Crippen LogP contribution is 2.07. The summed E-state index contributed by atoms with van der Waals surface area (Å²) in [6.07, 6.45) is 0. The molecule has 0 heterocycles. The predicted molar refractivity (Wildman–Crippen MR) is 67.2 cm³/mol. The Labute approximate surface area is 106 Å². The Balaban J connectivity index is 2.30. The van der Waals surface area contributed by atoms with E-state index in [4.69, 9.17) is 32.7 Å². The quantitative estimate of drug-likeness (QED) is 0.529. The summed E-state index contributed by atoms with van der Waals surface area (Å²) in [7, 11) is 0. The minimum atomic E-state index is 0.532. The van der Waals surface area contributed by atoms with Crippen LogP contribution in [-0.4, -0.2) is 25.0 Å². The van der Waals surface area contributed by atoms with Crippen molar-refractivity contribution in [2.75, 3.05) is 25.0 Å². The first-order valence-electron chi connectivity index (χ1n) is 5.22. The Hall–Kier alpha value is -0.280. The molecule has 0 saturated heterocycles. The van der Waals surface area contributed by atoms with Crippen molar-refractivity contribution in [3.05, 3.63) is 35.4 Å². The van der Waals surface area contributed by atoms with E-state index in [2.05, 4.69) is 0 Å². The van der Waals surface area contributed by atoms with Crippen LogP contribution in [0.5, 0.6) is 0 Å². The molecule has 0 aliphatic carbocycles. The fourth-order valence-electron chi connectivity index (χ4n) is 1.22. The van der Waals surface area contributed by atoms with Crippen molar-refractivity contribution in [2.24, 2.45) is 0 Å². The minimum absolute atomic E-state index is 0.532. The zero-order chi connectivity index (χ0) is 11.6. The summed E-state index contributed by atoms with van der Waals surface area (Å²) in [5.74, 6) is 1.06. The maximum Gasteiger partial charge on any atom is 0.0717 e. The van der Waals surface area contributed by atoms with Crippen LogP contribution < -0.4 is 0 Å². The first-order valence-corrected chi connectivity index (χ1v) is 6.29. The maximum absolute atomic E-state index is 5.51. The molecule has 1 aromatic rings. The van der Waals surface area contributed by atoms with Crippen LogP contribution in [0.1, 0.15) is 11.1 Å². The Morgan fingerprint density at radius 3 is 1.44 bits per heavy atom. The normalized spacial score (nSPS) is 10.6. The van der Waals surface area contributed by atoms with E-state index in [9.17, 15) is 0 Å². The molecule has 0 fully saturated rings. The molecular formula is C12H16Cl2O2. The van der Waals surface area contributed by atoms with Gasteiger partial charge >= 0.3 is 0 Å². The van der Waals surface area contributed by atoms with E-state index in [1.165, 1.54) is 0 Å². The molecule has 4 heteroatoms. The fraction of sp³-hybridized carbons (Fsp3) is 0.500. The van der Waals surface area contributed by atoms with Gasteiger partial charge in [-0.25, -0.2) is 0 Å². The molecule has 0 atom stereocenters. The van der Waals surface area contributed by atoms with Crippen LogP contribution in [0.4, 0.5) is 0 Å². The molecule has 0 aliphatic rings. The molecule has 0 aliphatic heterocycles. The van der Waals surface area contributed by atoms with Crippen LogP contribution in [0.15, 0.2) is 24.3 Å². The lowest BCUT2D eigenvalue weighted by molar-refractivity contribution is 0.133. The lowest BCUT2D eigenvalue weighted by Crippen LogP contribution is -1.98. The van der Waals surface area contributed by atoms with Crippen LogP contribution in [0.25, 0.3) is 0 Å². The number of halogens is 2. The molecule has 0 amide bonds. The molecule has 0 bridgehead atoms. The Kier molecular flexibility index (Phi) is 7.60. The Bertz CT molecular complexity index is 246. The zero-order valence-electron chi connectivity index (χ0n) is 9.12. The average molecular weight is 263 g/mol. The van der Waals surface area contributed by atoms with E-state index in [0.29, 0.717) is 38.2 Å². The Morgan fingerprint density at radius 1 is 0.750 bits per heavy atom. The van der Waals surface area contributed by atoms with Gasteiger partial charge in [-0.1, -0.05) is 24.3 Å². The highest BCUT2D eigenvalue weighted by molar-refractivity contribution is 6.18. The number of hydrogen-bond acceptors (Lipinski definition) is 2. The van der Waals surface area contributed by atoms with Crippen molar-refractivity contribution in [1.82, 2.24) is 0 Å². The molecule has 2 nitrogen and oxygen atoms in total. The topological polar surface area (TPSA) is 18.5 Å². The second-order valence-corrected chi connectivity index (χ2v) is 4.06. The monoisotopic (exact) mass is 262 g/mol. The van der Waals surface area contributed by atoms with E-state index in [-0.39, 0.29) is 0 Å². The van der Waals surface area contributed by atoms with E-state index >= 15 is 0 Å². The van der Waals surface area contributed by atoms with Gasteiger partial charge in [0.05, 0.1) is 26.4 Å². The molecule has 0 spiro atoms. The van der Waals surface area contributed by atoms with Crippen molar-refractivity contribution in [3.8, 4) is 0 Å². The largest absolute Gasteiger partial charge is 0.376 e. The van der Waals surface area contributed by atoms with E-state index < -0.39 is 0 Å². The first-order chi connectivity index (χ1) is 7.86. The van der Waals surface area contributed by atoms with Crippen molar-refractivity contribution in [3.63, 3.8) is 0 Å². The number of ether oxygens (including phenoxy) is 2. The smallest absolute Gasteiger partial charge is 0.0717 e. The maximum atomic E-state index is 5.51. The third-order valence-electron chi connectivity index (χ3n) is 2.00. The highest BCUT2D eigenvalue weighted by atomic mass is 35.5. The van der Waals surface area contributed by atoms with Crippen molar-refractivity contribution < 1.29 is 9.47 Å². The predicted octanol–water partition coefficient (Wildman–Crippen LogP) is 3.20. The van der Waals surface area contributed by atoms with Crippen LogP contribution >= 0.6 is 23.2 Å². The molecule has 0 aromatic heterocycles. The van der Waals surface area contributed by atoms with Gasteiger partial charge in [-0.3, -0.25) is 0 Å². The van der Waals surface area contributed by atoms with E-state index in [1.54, 1.807) is 0 Å². The van der Waals surface area contributed by atoms with Gasteiger partial charge in [0.15, 0.2) is 0 Å². The molecule has 0 unspecified atom stereocenters. The van der Waals surface area contributed by atoms with Gasteiger partial charge in [-0.2, -0.15) is 0 Å². The number of rotatable bonds is 8. The number of hydrogen-bond donors (Lipinski definition) is 0. The molecule has 0 radical (unpaired) electrons. The Morgan fingerprint density at radius 2 is 1.12 bits per heavy atom. The molecular weight excluding hydrogens is 247 g/mol. The lowest BCUT2D eigenvalue weighted by atomic mass is 10.1. The second kappa shape index (κ2) is 8.82. The molecule has 1 aromatic carbocycles. The van der Waals surface area contributed by atoms with Crippen molar-refractivity contribution in [2.45, 2.75) is 13.2 Å². The number of alkyl halides is 2. The van der Waals surface area contributed by atoms with Crippen LogP contribution in [0.2, 0.25) is 0 Å². The summed E-state index contributed by atoms with van der Waals surface area (Å²) in [4.78, 5) is 0. The molecule has 1 rings (SSSR count). The zero-order valence-corrected chi connectivity index (χ0v) is 10.6. The van der Waals surface area contributed by atoms with Gasteiger partial charge in [0.2, 0.25) is 0 Å². The molecule has 16 heavy (non-hydrogen) atoms. The molecule has 0 saturated carbocycles. The van der Waals surface area contributed by atoms with Crippen molar-refractivity contribution >= 4 is 23.2 Å². The minimum Gasteiger partial charge on any atom is -0.376 e. The van der Waals surface area contributed by atoms with Gasteiger partial charge in [-0.15, -0.1) is 23.2 Å². The van der Waals surface area contributed by atoms with Crippen molar-refractivity contribution in [1.29, 1.82) is 0 Å². The first kappa shape index (κ1) is 13.8. The summed E-state index contributed by atoms with van der Waals surface area (Å²) in [6, 6.07) is 8.14. The third kappa shape index (κ3) is 5.71. The summed E-state index contributed by atoms with van der Waals surface area (Å²) in [5.41, 5.74) is 2.29. The van der Waals surface area contributed by atoms with Crippen LogP contribution in [0.3, 0.4) is 0 Å². The molecule has 90 valence electrons. The second-order valence-electron chi connectivity index (χ2n) is 3.30. The number of benzene rings is 1. The SMILES string of the molecule is ClCCOCc1ccc(COCCCl)cc1. The summed E-state index contributed by atoms with van der Waals surface area (Å²) in [5, 5.41) is 0. The van der Waals surface area contributed by atoms with E-state index in [1.807, 2.05) is 24.3 Å². The standard InChI is InChI=1S/C12H16Cl2O2/c13-5-7-15-9-11-1-2-12(4-3-11)10-16-8-6-14/h1-4H,5-10H2. The summed E-state index contributed by atoms with van der Waals surface area (Å²) < 4.78 is 10.7. The van der Waals surface area contributed by atoms with Gasteiger partial charge in [-0.05, 0) is 11.1 Å². The highest BCUT2D eigenvalue weighted by Gasteiger charge is 1.95.